The summed E-state index contributed by atoms with van der Waals surface area (Å²) in [6.45, 7) is 6.38. The van der Waals surface area contributed by atoms with Crippen molar-refractivity contribution < 1.29 is 4.79 Å². The topological polar surface area (TPSA) is 82.2 Å². The monoisotopic (exact) mass is 500 g/mol. The summed E-state index contributed by atoms with van der Waals surface area (Å²) in [7, 11) is 0. The average Bonchev–Trinajstić information content (AvgIpc) is 3.18. The van der Waals surface area contributed by atoms with Gasteiger partial charge in [-0.3, -0.25) is 4.79 Å². The minimum atomic E-state index is -0.0165. The number of amides is 1. The van der Waals surface area contributed by atoms with E-state index >= 15 is 0 Å². The van der Waals surface area contributed by atoms with Gasteiger partial charge in [-0.05, 0) is 46.6 Å². The van der Waals surface area contributed by atoms with Crippen LogP contribution in [0.2, 0.25) is 0 Å². The molecule has 9 heteroatoms. The number of anilines is 3. The molecule has 3 heterocycles. The van der Waals surface area contributed by atoms with E-state index in [2.05, 4.69) is 46.7 Å². The number of aryl methyl sites for hydroxylation is 1. The number of hydrogen-bond donors (Lipinski definition) is 3. The van der Waals surface area contributed by atoms with E-state index in [-0.39, 0.29) is 5.91 Å². The Hall–Kier alpha value is -2.49. The van der Waals surface area contributed by atoms with Crippen molar-refractivity contribution in [3.05, 3.63) is 62.4 Å². The number of carbonyl (C=O) groups excluding carboxylic acids is 1. The number of rotatable bonds is 7. The number of halogens is 1. The van der Waals surface area contributed by atoms with Gasteiger partial charge in [0.2, 0.25) is 11.9 Å². The van der Waals surface area contributed by atoms with Crippen molar-refractivity contribution >= 4 is 50.6 Å². The highest BCUT2D eigenvalue weighted by Gasteiger charge is 2.14. The molecule has 1 fully saturated rings. The Bertz CT molecular complexity index is 1030. The second-order valence-electron chi connectivity index (χ2n) is 7.44. The largest absolute Gasteiger partial charge is 0.366 e. The quantitative estimate of drug-likeness (QED) is 0.457. The predicted octanol–water partition coefficient (Wildman–Crippen LogP) is 3.81. The standard InChI is InChI=1S/C22H25BrN6OS/c1-15-10-20(28-22(26-15)29-8-6-24-7-9-29)25-13-16-2-4-18(5-3-16)27-21(30)12-19-11-17(23)14-31-19/h2-5,10-11,14,24H,6-9,12-13H2,1H3,(H,27,30)(H,25,26,28). The molecule has 0 radical (unpaired) electrons. The number of nitrogens with zero attached hydrogens (tertiary/aromatic N) is 3. The summed E-state index contributed by atoms with van der Waals surface area (Å²) in [4.78, 5) is 24.7. The second kappa shape index (κ2) is 10.2. The van der Waals surface area contributed by atoms with Crippen molar-refractivity contribution in [2.45, 2.75) is 19.9 Å². The number of aromatic nitrogens is 2. The van der Waals surface area contributed by atoms with Crippen molar-refractivity contribution in [1.82, 2.24) is 15.3 Å². The van der Waals surface area contributed by atoms with Gasteiger partial charge in [-0.2, -0.15) is 4.98 Å². The van der Waals surface area contributed by atoms with Gasteiger partial charge < -0.3 is 20.9 Å². The molecule has 162 valence electrons. The molecule has 0 spiro atoms. The minimum Gasteiger partial charge on any atom is -0.366 e. The molecule has 2 aromatic heterocycles. The van der Waals surface area contributed by atoms with Gasteiger partial charge in [0.15, 0.2) is 0 Å². The molecule has 3 N–H and O–H groups in total. The number of nitrogens with one attached hydrogen (secondary N) is 3. The number of benzene rings is 1. The first-order valence-corrected chi connectivity index (χ1v) is 11.9. The van der Waals surface area contributed by atoms with E-state index in [1.165, 1.54) is 0 Å². The summed E-state index contributed by atoms with van der Waals surface area (Å²) in [5.41, 5.74) is 2.85. The molecule has 31 heavy (non-hydrogen) atoms. The Labute approximate surface area is 194 Å². The zero-order valence-corrected chi connectivity index (χ0v) is 19.7. The molecule has 7 nitrogen and oxygen atoms in total. The molecule has 1 saturated heterocycles. The summed E-state index contributed by atoms with van der Waals surface area (Å²) >= 11 is 4.99. The molecule has 0 bridgehead atoms. The third-order valence-electron chi connectivity index (χ3n) is 4.91. The fraction of sp³-hybridized carbons (Fsp3) is 0.318. The van der Waals surface area contributed by atoms with Gasteiger partial charge in [-0.15, -0.1) is 11.3 Å². The Kier molecular flexibility index (Phi) is 7.16. The first-order valence-electron chi connectivity index (χ1n) is 10.2. The van der Waals surface area contributed by atoms with Crippen molar-refractivity contribution in [1.29, 1.82) is 0 Å². The molecule has 0 unspecified atom stereocenters. The Balaban J connectivity index is 1.32. The fourth-order valence-corrected chi connectivity index (χ4v) is 4.81. The third kappa shape index (κ3) is 6.25. The maximum Gasteiger partial charge on any atom is 0.229 e. The molecule has 1 amide bonds. The zero-order chi connectivity index (χ0) is 21.6. The van der Waals surface area contributed by atoms with Crippen LogP contribution in [0.25, 0.3) is 0 Å². The van der Waals surface area contributed by atoms with E-state index in [0.29, 0.717) is 13.0 Å². The summed E-state index contributed by atoms with van der Waals surface area (Å²) in [5, 5.41) is 11.7. The maximum absolute atomic E-state index is 12.2. The second-order valence-corrected chi connectivity index (χ2v) is 9.35. The highest BCUT2D eigenvalue weighted by atomic mass is 79.9. The lowest BCUT2D eigenvalue weighted by Gasteiger charge is -2.27. The lowest BCUT2D eigenvalue weighted by molar-refractivity contribution is -0.115. The summed E-state index contributed by atoms with van der Waals surface area (Å²) in [6, 6.07) is 11.8. The van der Waals surface area contributed by atoms with Crippen LogP contribution in [0.4, 0.5) is 17.5 Å². The molecule has 0 aliphatic carbocycles. The highest BCUT2D eigenvalue weighted by Crippen LogP contribution is 2.21. The van der Waals surface area contributed by atoms with Gasteiger partial charge >= 0.3 is 0 Å². The first kappa shape index (κ1) is 21.7. The van der Waals surface area contributed by atoms with E-state index in [1.807, 2.05) is 48.7 Å². The number of piperazine rings is 1. The molecule has 3 aromatic rings. The maximum atomic E-state index is 12.2. The predicted molar refractivity (Wildman–Crippen MR) is 130 cm³/mol. The normalized spacial score (nSPS) is 13.8. The molecule has 4 rings (SSSR count). The van der Waals surface area contributed by atoms with Gasteiger partial charge in [0.25, 0.3) is 0 Å². The average molecular weight is 501 g/mol. The van der Waals surface area contributed by atoms with E-state index in [4.69, 9.17) is 0 Å². The first-order chi connectivity index (χ1) is 15.0. The van der Waals surface area contributed by atoms with Crippen LogP contribution in [0.5, 0.6) is 0 Å². The number of thiophene rings is 1. The molecular formula is C22H25BrN6OS. The molecule has 1 aromatic carbocycles. The van der Waals surface area contributed by atoms with Crippen LogP contribution in [0, 0.1) is 6.92 Å². The molecule has 0 atom stereocenters. The van der Waals surface area contributed by atoms with Gasteiger partial charge in [-0.1, -0.05) is 12.1 Å². The van der Waals surface area contributed by atoms with Gasteiger partial charge in [0, 0.05) is 64.9 Å². The van der Waals surface area contributed by atoms with Crippen molar-refractivity contribution in [3.63, 3.8) is 0 Å². The fourth-order valence-electron chi connectivity index (χ4n) is 3.36. The van der Waals surface area contributed by atoms with Gasteiger partial charge in [0.05, 0.1) is 6.42 Å². The summed E-state index contributed by atoms with van der Waals surface area (Å²) < 4.78 is 1.01. The van der Waals surface area contributed by atoms with E-state index in [1.54, 1.807) is 11.3 Å². The molecule has 0 saturated carbocycles. The van der Waals surface area contributed by atoms with E-state index in [9.17, 15) is 4.79 Å². The Morgan fingerprint density at radius 3 is 2.68 bits per heavy atom. The van der Waals surface area contributed by atoms with Crippen LogP contribution >= 0.6 is 27.3 Å². The minimum absolute atomic E-state index is 0.0165. The lowest BCUT2D eigenvalue weighted by atomic mass is 10.2. The van der Waals surface area contributed by atoms with Crippen molar-refractivity contribution in [3.8, 4) is 0 Å². The zero-order valence-electron chi connectivity index (χ0n) is 17.3. The number of hydrogen-bond acceptors (Lipinski definition) is 7. The summed E-state index contributed by atoms with van der Waals surface area (Å²) in [6.07, 6.45) is 0.377. The van der Waals surface area contributed by atoms with Crippen molar-refractivity contribution in [2.24, 2.45) is 0 Å². The highest BCUT2D eigenvalue weighted by molar-refractivity contribution is 9.10. The van der Waals surface area contributed by atoms with Crippen LogP contribution in [0.1, 0.15) is 16.1 Å². The SMILES string of the molecule is Cc1cc(NCc2ccc(NC(=O)Cc3cc(Br)cs3)cc2)nc(N2CCNCC2)n1. The van der Waals surface area contributed by atoms with Crippen LogP contribution in [-0.2, 0) is 17.8 Å². The Morgan fingerprint density at radius 2 is 1.97 bits per heavy atom. The lowest BCUT2D eigenvalue weighted by Crippen LogP contribution is -2.44. The van der Waals surface area contributed by atoms with E-state index in [0.717, 1.165) is 64.2 Å². The smallest absolute Gasteiger partial charge is 0.229 e. The van der Waals surface area contributed by atoms with Crippen LogP contribution in [0.3, 0.4) is 0 Å². The van der Waals surface area contributed by atoms with Crippen LogP contribution in [-0.4, -0.2) is 42.1 Å². The number of carbonyl (C=O) groups is 1. The molecule has 1 aliphatic rings. The van der Waals surface area contributed by atoms with Crippen molar-refractivity contribution in [2.75, 3.05) is 41.7 Å². The van der Waals surface area contributed by atoms with E-state index < -0.39 is 0 Å². The van der Waals surface area contributed by atoms with Crippen LogP contribution in [0.15, 0.2) is 46.3 Å². The molecular weight excluding hydrogens is 476 g/mol. The Morgan fingerprint density at radius 1 is 1.19 bits per heavy atom. The van der Waals surface area contributed by atoms with Gasteiger partial charge in [-0.25, -0.2) is 4.98 Å². The third-order valence-corrected chi connectivity index (χ3v) is 6.61. The summed E-state index contributed by atoms with van der Waals surface area (Å²) in [5.74, 6) is 1.58. The molecule has 1 aliphatic heterocycles. The van der Waals surface area contributed by atoms with Crippen LogP contribution < -0.4 is 20.9 Å². The van der Waals surface area contributed by atoms with Gasteiger partial charge in [0.1, 0.15) is 5.82 Å².